The molecule has 0 atom stereocenters. The molecule has 0 aromatic carbocycles. The molecule has 1 aliphatic carbocycles. The molecule has 1 aliphatic heterocycles. The summed E-state index contributed by atoms with van der Waals surface area (Å²) < 4.78 is 5.29. The van der Waals surface area contributed by atoms with Crippen LogP contribution in [0.2, 0.25) is 0 Å². The maximum atomic E-state index is 10.3. The third-order valence-corrected chi connectivity index (χ3v) is 4.00. The van der Waals surface area contributed by atoms with E-state index < -0.39 is 5.60 Å². The monoisotopic (exact) mass is 227 g/mol. The molecule has 0 amide bonds. The van der Waals surface area contributed by atoms with E-state index >= 15 is 0 Å². The van der Waals surface area contributed by atoms with Crippen molar-refractivity contribution in [3.8, 4) is 0 Å². The maximum absolute atomic E-state index is 10.3. The lowest BCUT2D eigenvalue weighted by Gasteiger charge is -2.33. The van der Waals surface area contributed by atoms with Crippen LogP contribution in [0.5, 0.6) is 0 Å². The lowest BCUT2D eigenvalue weighted by molar-refractivity contribution is -0.0629. The van der Waals surface area contributed by atoms with Crippen LogP contribution in [0.15, 0.2) is 0 Å². The van der Waals surface area contributed by atoms with Crippen molar-refractivity contribution in [1.29, 1.82) is 0 Å². The molecule has 94 valence electrons. The summed E-state index contributed by atoms with van der Waals surface area (Å²) in [5.74, 6) is 0. The Hall–Kier alpha value is -0.120. The van der Waals surface area contributed by atoms with Crippen LogP contribution in [-0.4, -0.2) is 36.5 Å². The number of hydrogen-bond donors (Lipinski definition) is 2. The Kier molecular flexibility index (Phi) is 4.62. The third-order valence-electron chi connectivity index (χ3n) is 4.00. The molecule has 1 heterocycles. The molecular weight excluding hydrogens is 202 g/mol. The molecule has 0 aromatic rings. The van der Waals surface area contributed by atoms with Gasteiger partial charge in [0.25, 0.3) is 0 Å². The summed E-state index contributed by atoms with van der Waals surface area (Å²) >= 11 is 0. The van der Waals surface area contributed by atoms with Crippen molar-refractivity contribution in [1.82, 2.24) is 5.32 Å². The first-order valence-electron chi connectivity index (χ1n) is 6.82. The highest BCUT2D eigenvalue weighted by Gasteiger charge is 2.30. The summed E-state index contributed by atoms with van der Waals surface area (Å²) in [6.45, 7) is 2.17. The lowest BCUT2D eigenvalue weighted by Crippen LogP contribution is -2.47. The Morgan fingerprint density at radius 3 is 2.31 bits per heavy atom. The van der Waals surface area contributed by atoms with Gasteiger partial charge in [0.15, 0.2) is 0 Å². The van der Waals surface area contributed by atoms with Crippen LogP contribution in [0.25, 0.3) is 0 Å². The van der Waals surface area contributed by atoms with Crippen molar-refractivity contribution >= 4 is 0 Å². The molecule has 16 heavy (non-hydrogen) atoms. The highest BCUT2D eigenvalue weighted by atomic mass is 16.5. The SMILES string of the molecule is OC1(CNC2CCCCCC2)CCOCC1. The molecule has 2 N–H and O–H groups in total. The van der Waals surface area contributed by atoms with Crippen LogP contribution in [0, 0.1) is 0 Å². The molecule has 2 aliphatic rings. The second kappa shape index (κ2) is 5.99. The van der Waals surface area contributed by atoms with Gasteiger partial charge < -0.3 is 15.2 Å². The summed E-state index contributed by atoms with van der Waals surface area (Å²) in [5.41, 5.74) is -0.509. The predicted molar refractivity (Wildman–Crippen MR) is 64.5 cm³/mol. The molecular formula is C13H25NO2. The molecule has 2 fully saturated rings. The molecule has 1 saturated heterocycles. The zero-order valence-corrected chi connectivity index (χ0v) is 10.2. The number of aliphatic hydroxyl groups is 1. The van der Waals surface area contributed by atoms with Crippen molar-refractivity contribution < 1.29 is 9.84 Å². The van der Waals surface area contributed by atoms with Crippen LogP contribution in [-0.2, 0) is 4.74 Å². The number of rotatable bonds is 3. The van der Waals surface area contributed by atoms with Crippen molar-refractivity contribution in [2.24, 2.45) is 0 Å². The summed E-state index contributed by atoms with van der Waals surface area (Å²) in [7, 11) is 0. The second-order valence-electron chi connectivity index (χ2n) is 5.41. The zero-order chi connectivity index (χ0) is 11.3. The van der Waals surface area contributed by atoms with E-state index in [1.807, 2.05) is 0 Å². The van der Waals surface area contributed by atoms with Crippen molar-refractivity contribution in [2.75, 3.05) is 19.8 Å². The first kappa shape index (κ1) is 12.3. The van der Waals surface area contributed by atoms with Gasteiger partial charge in [-0.1, -0.05) is 25.7 Å². The van der Waals surface area contributed by atoms with Gasteiger partial charge in [0.05, 0.1) is 5.60 Å². The van der Waals surface area contributed by atoms with E-state index in [-0.39, 0.29) is 0 Å². The topological polar surface area (TPSA) is 41.5 Å². The van der Waals surface area contributed by atoms with Crippen molar-refractivity contribution in [2.45, 2.75) is 63.0 Å². The summed E-state index contributed by atoms with van der Waals surface area (Å²) in [6.07, 6.45) is 9.60. The van der Waals surface area contributed by atoms with Crippen molar-refractivity contribution in [3.63, 3.8) is 0 Å². The first-order chi connectivity index (χ1) is 7.79. The van der Waals surface area contributed by atoms with Gasteiger partial charge in [-0.05, 0) is 12.8 Å². The van der Waals surface area contributed by atoms with E-state index in [2.05, 4.69) is 5.32 Å². The Labute approximate surface area is 98.6 Å². The van der Waals surface area contributed by atoms with Crippen LogP contribution in [0.4, 0.5) is 0 Å². The standard InChI is InChI=1S/C13H25NO2/c15-13(7-9-16-10-8-13)11-14-12-5-3-1-2-4-6-12/h12,14-15H,1-11H2. The highest BCUT2D eigenvalue weighted by molar-refractivity contribution is 4.85. The van der Waals surface area contributed by atoms with E-state index in [9.17, 15) is 5.11 Å². The summed E-state index contributed by atoms with van der Waals surface area (Å²) in [6, 6.07) is 0.634. The fourth-order valence-corrected chi connectivity index (χ4v) is 2.75. The lowest BCUT2D eigenvalue weighted by atomic mass is 9.93. The van der Waals surface area contributed by atoms with Gasteiger partial charge in [-0.3, -0.25) is 0 Å². The Balaban J connectivity index is 1.72. The molecule has 0 radical (unpaired) electrons. The van der Waals surface area contributed by atoms with E-state index in [1.54, 1.807) is 0 Å². The van der Waals surface area contributed by atoms with Crippen LogP contribution < -0.4 is 5.32 Å². The maximum Gasteiger partial charge on any atom is 0.0815 e. The van der Waals surface area contributed by atoms with E-state index in [1.165, 1.54) is 38.5 Å². The molecule has 0 bridgehead atoms. The Bertz CT molecular complexity index is 194. The minimum absolute atomic E-state index is 0.509. The average molecular weight is 227 g/mol. The van der Waals surface area contributed by atoms with Gasteiger partial charge in [-0.15, -0.1) is 0 Å². The van der Waals surface area contributed by atoms with E-state index in [4.69, 9.17) is 4.74 Å². The smallest absolute Gasteiger partial charge is 0.0815 e. The minimum Gasteiger partial charge on any atom is -0.388 e. The second-order valence-corrected chi connectivity index (χ2v) is 5.41. The molecule has 0 aromatic heterocycles. The zero-order valence-electron chi connectivity index (χ0n) is 10.2. The molecule has 0 unspecified atom stereocenters. The number of hydrogen-bond acceptors (Lipinski definition) is 3. The Morgan fingerprint density at radius 1 is 1.06 bits per heavy atom. The van der Waals surface area contributed by atoms with Gasteiger partial charge in [0.1, 0.15) is 0 Å². The first-order valence-corrected chi connectivity index (χ1v) is 6.82. The van der Waals surface area contributed by atoms with E-state index in [0.29, 0.717) is 19.3 Å². The number of ether oxygens (including phenoxy) is 1. The number of nitrogens with one attached hydrogen (secondary N) is 1. The highest BCUT2D eigenvalue weighted by Crippen LogP contribution is 2.21. The van der Waals surface area contributed by atoms with Gasteiger partial charge in [0.2, 0.25) is 0 Å². The van der Waals surface area contributed by atoms with Crippen LogP contribution in [0.3, 0.4) is 0 Å². The fraction of sp³-hybridized carbons (Fsp3) is 1.00. The molecule has 3 nitrogen and oxygen atoms in total. The summed E-state index contributed by atoms with van der Waals surface area (Å²) in [4.78, 5) is 0. The Morgan fingerprint density at radius 2 is 1.69 bits per heavy atom. The quantitative estimate of drug-likeness (QED) is 0.723. The molecule has 3 heteroatoms. The van der Waals surface area contributed by atoms with Crippen LogP contribution in [0.1, 0.15) is 51.4 Å². The van der Waals surface area contributed by atoms with Gasteiger partial charge in [-0.2, -0.15) is 0 Å². The van der Waals surface area contributed by atoms with Gasteiger partial charge in [-0.25, -0.2) is 0 Å². The van der Waals surface area contributed by atoms with Gasteiger partial charge in [0, 0.05) is 38.6 Å². The fourth-order valence-electron chi connectivity index (χ4n) is 2.75. The molecule has 1 saturated carbocycles. The van der Waals surface area contributed by atoms with Crippen molar-refractivity contribution in [3.05, 3.63) is 0 Å². The molecule has 2 rings (SSSR count). The predicted octanol–water partition coefficient (Wildman–Crippen LogP) is 1.84. The van der Waals surface area contributed by atoms with Gasteiger partial charge >= 0.3 is 0 Å². The molecule has 0 spiro atoms. The summed E-state index contributed by atoms with van der Waals surface area (Å²) in [5, 5.41) is 13.9. The largest absolute Gasteiger partial charge is 0.388 e. The third kappa shape index (κ3) is 3.72. The van der Waals surface area contributed by atoms with Crippen LogP contribution >= 0.6 is 0 Å². The van der Waals surface area contributed by atoms with E-state index in [0.717, 1.165) is 19.4 Å². The normalized spacial score (nSPS) is 27.6. The minimum atomic E-state index is -0.509. The average Bonchev–Trinajstić information content (AvgIpc) is 2.56.